The molecule has 0 saturated carbocycles. The molecule has 7 rings (SSSR count). The second kappa shape index (κ2) is 8.81. The summed E-state index contributed by atoms with van der Waals surface area (Å²) in [6.45, 7) is 0. The largest absolute Gasteiger partial charge is 0.416 e. The van der Waals surface area contributed by atoms with E-state index in [0.29, 0.717) is 11.8 Å². The van der Waals surface area contributed by atoms with E-state index in [4.69, 9.17) is 4.42 Å². The topological polar surface area (TPSA) is 64.7 Å². The van der Waals surface area contributed by atoms with E-state index >= 15 is 0 Å². The van der Waals surface area contributed by atoms with Crippen molar-refractivity contribution in [2.75, 3.05) is 0 Å². The lowest BCUT2D eigenvalue weighted by atomic mass is 9.87. The van der Waals surface area contributed by atoms with E-state index in [2.05, 4.69) is 80.8 Å². The fourth-order valence-electron chi connectivity index (χ4n) is 4.97. The van der Waals surface area contributed by atoms with Crippen LogP contribution in [-0.2, 0) is 0 Å². The zero-order valence-corrected chi connectivity index (χ0v) is 19.7. The summed E-state index contributed by atoms with van der Waals surface area (Å²) in [6.07, 6.45) is 3.39. The molecule has 5 heteroatoms. The van der Waals surface area contributed by atoms with E-state index in [1.54, 1.807) is 12.5 Å². The fourth-order valence-corrected chi connectivity index (χ4v) is 4.97. The van der Waals surface area contributed by atoms with Crippen LogP contribution in [0.15, 0.2) is 126 Å². The van der Waals surface area contributed by atoms with E-state index in [0.717, 1.165) is 38.7 Å². The molecule has 0 fully saturated rings. The molecule has 0 radical (unpaired) electrons. The van der Waals surface area contributed by atoms with E-state index in [9.17, 15) is 0 Å². The first-order chi connectivity index (χ1) is 18.4. The van der Waals surface area contributed by atoms with E-state index < -0.39 is 0 Å². The highest BCUT2D eigenvalue weighted by atomic mass is 16.4. The van der Waals surface area contributed by atoms with Gasteiger partial charge in [-0.15, -0.1) is 10.2 Å². The molecule has 0 N–H and O–H groups in total. The van der Waals surface area contributed by atoms with Crippen molar-refractivity contribution in [1.29, 1.82) is 0 Å². The van der Waals surface area contributed by atoms with Crippen molar-refractivity contribution in [2.45, 2.75) is 0 Å². The van der Waals surface area contributed by atoms with Gasteiger partial charge in [-0.3, -0.25) is 0 Å². The Morgan fingerprint density at radius 1 is 0.459 bits per heavy atom. The number of benzene rings is 5. The van der Waals surface area contributed by atoms with Crippen LogP contribution in [0.1, 0.15) is 0 Å². The number of rotatable bonds is 4. The van der Waals surface area contributed by atoms with E-state index in [-0.39, 0.29) is 0 Å². The van der Waals surface area contributed by atoms with Gasteiger partial charge in [-0.1, -0.05) is 78.9 Å². The molecule has 0 bridgehead atoms. The lowest BCUT2D eigenvalue weighted by Gasteiger charge is -2.17. The Hall–Kier alpha value is -5.16. The monoisotopic (exact) mass is 476 g/mol. The fraction of sp³-hybridized carbons (Fsp3) is 0. The van der Waals surface area contributed by atoms with E-state index in [1.807, 2.05) is 48.5 Å². The smallest absolute Gasteiger partial charge is 0.248 e. The Balaban J connectivity index is 1.38. The molecule has 2 heterocycles. The van der Waals surface area contributed by atoms with Gasteiger partial charge in [0.15, 0.2) is 0 Å². The van der Waals surface area contributed by atoms with Crippen molar-refractivity contribution in [3.05, 3.63) is 122 Å². The van der Waals surface area contributed by atoms with Crippen LogP contribution < -0.4 is 0 Å². The van der Waals surface area contributed by atoms with Gasteiger partial charge in [0, 0.05) is 22.9 Å². The third kappa shape index (κ3) is 3.65. The van der Waals surface area contributed by atoms with Crippen molar-refractivity contribution in [1.82, 2.24) is 20.2 Å². The maximum Gasteiger partial charge on any atom is 0.248 e. The van der Waals surface area contributed by atoms with Crippen molar-refractivity contribution in [2.24, 2.45) is 0 Å². The molecule has 0 atom stereocenters. The van der Waals surface area contributed by atoms with Crippen LogP contribution in [0, 0.1) is 0 Å². The maximum atomic E-state index is 5.97. The van der Waals surface area contributed by atoms with Crippen LogP contribution in [0.25, 0.3) is 66.8 Å². The van der Waals surface area contributed by atoms with Gasteiger partial charge in [0.1, 0.15) is 6.33 Å². The summed E-state index contributed by atoms with van der Waals surface area (Å²) in [5.74, 6) is 1.01. The third-order valence-electron chi connectivity index (χ3n) is 6.64. The summed E-state index contributed by atoms with van der Waals surface area (Å²) in [4.78, 5) is 8.71. The molecule has 0 unspecified atom stereocenters. The molecule has 37 heavy (non-hydrogen) atoms. The normalized spacial score (nSPS) is 11.2. The zero-order valence-electron chi connectivity index (χ0n) is 19.7. The van der Waals surface area contributed by atoms with Crippen molar-refractivity contribution in [3.8, 4) is 45.3 Å². The van der Waals surface area contributed by atoms with Gasteiger partial charge < -0.3 is 4.42 Å². The minimum Gasteiger partial charge on any atom is -0.416 e. The quantitative estimate of drug-likeness (QED) is 0.242. The highest BCUT2D eigenvalue weighted by Gasteiger charge is 2.17. The molecular weight excluding hydrogens is 456 g/mol. The van der Waals surface area contributed by atoms with Crippen molar-refractivity contribution in [3.63, 3.8) is 0 Å². The van der Waals surface area contributed by atoms with Crippen LogP contribution in [-0.4, -0.2) is 20.2 Å². The van der Waals surface area contributed by atoms with Crippen LogP contribution in [0.4, 0.5) is 0 Å². The molecule has 174 valence electrons. The first-order valence-electron chi connectivity index (χ1n) is 12.1. The zero-order chi connectivity index (χ0) is 24.6. The van der Waals surface area contributed by atoms with Gasteiger partial charge in [-0.05, 0) is 63.0 Å². The first kappa shape index (κ1) is 21.1. The second-order valence-electron chi connectivity index (χ2n) is 8.79. The number of nitrogens with zero attached hydrogens (tertiary/aromatic N) is 4. The molecule has 0 aliphatic carbocycles. The van der Waals surface area contributed by atoms with Crippen LogP contribution in [0.3, 0.4) is 0 Å². The van der Waals surface area contributed by atoms with Gasteiger partial charge in [-0.2, -0.15) is 0 Å². The van der Waals surface area contributed by atoms with Gasteiger partial charge in [-0.25, -0.2) is 9.97 Å². The highest BCUT2D eigenvalue weighted by Crippen LogP contribution is 2.43. The first-order valence-corrected chi connectivity index (χ1v) is 12.1. The number of aromatic nitrogens is 4. The van der Waals surface area contributed by atoms with Gasteiger partial charge in [0.25, 0.3) is 0 Å². The molecule has 0 aliphatic rings. The molecule has 2 aromatic heterocycles. The van der Waals surface area contributed by atoms with Crippen LogP contribution >= 0.6 is 0 Å². The maximum absolute atomic E-state index is 5.97. The minimum absolute atomic E-state index is 0.499. The molecular formula is C32H20N4O. The summed E-state index contributed by atoms with van der Waals surface area (Å²) in [5, 5.41) is 13.2. The van der Waals surface area contributed by atoms with E-state index in [1.165, 1.54) is 16.3 Å². The average molecular weight is 477 g/mol. The number of fused-ring (bicyclic) bond motifs is 2. The summed E-state index contributed by atoms with van der Waals surface area (Å²) in [5.41, 5.74) is 6.12. The van der Waals surface area contributed by atoms with Gasteiger partial charge >= 0.3 is 0 Å². The molecule has 0 aliphatic heterocycles. The highest BCUT2D eigenvalue weighted by molar-refractivity contribution is 6.21. The average Bonchev–Trinajstić information content (AvgIpc) is 3.47. The summed E-state index contributed by atoms with van der Waals surface area (Å²) >= 11 is 0. The Labute approximate surface area is 213 Å². The van der Waals surface area contributed by atoms with Crippen LogP contribution in [0.2, 0.25) is 0 Å². The molecule has 5 nitrogen and oxygen atoms in total. The second-order valence-corrected chi connectivity index (χ2v) is 8.79. The molecule has 0 saturated heterocycles. The summed E-state index contributed by atoms with van der Waals surface area (Å²) < 4.78 is 5.97. The molecule has 5 aromatic carbocycles. The molecule has 0 amide bonds. The Bertz CT molecular complexity index is 1800. The summed E-state index contributed by atoms with van der Waals surface area (Å²) in [7, 11) is 0. The predicted molar refractivity (Wildman–Crippen MR) is 147 cm³/mol. The standard InChI is InChI=1S/C32H20N4O/c1-2-8-22(9-3-1)31-35-36-32(37-31)23-16-14-21(15-17-23)29-24-10-4-6-12-26(24)30(28-18-19-33-20-34-28)27-13-7-5-11-25(27)29/h1-20H. The minimum atomic E-state index is 0.499. The SMILES string of the molecule is c1ccc(-c2nnc(-c3ccc(-c4c5ccccc5c(-c5ccncn5)c5ccccc45)cc3)o2)cc1. The van der Waals surface area contributed by atoms with Gasteiger partial charge in [0.05, 0.1) is 5.69 Å². The number of hydrogen-bond acceptors (Lipinski definition) is 5. The van der Waals surface area contributed by atoms with Crippen LogP contribution in [0.5, 0.6) is 0 Å². The van der Waals surface area contributed by atoms with Crippen molar-refractivity contribution >= 4 is 21.5 Å². The van der Waals surface area contributed by atoms with Crippen molar-refractivity contribution < 1.29 is 4.42 Å². The Kier molecular flexibility index (Phi) is 5.03. The Morgan fingerprint density at radius 2 is 0.973 bits per heavy atom. The molecule has 7 aromatic rings. The lowest BCUT2D eigenvalue weighted by molar-refractivity contribution is 0.584. The third-order valence-corrected chi connectivity index (χ3v) is 6.64. The molecule has 0 spiro atoms. The van der Waals surface area contributed by atoms with Gasteiger partial charge in [0.2, 0.25) is 11.8 Å². The number of hydrogen-bond donors (Lipinski definition) is 0. The summed E-state index contributed by atoms with van der Waals surface area (Å²) in [6, 6.07) is 37.1. The predicted octanol–water partition coefficient (Wildman–Crippen LogP) is 7.83. The lowest BCUT2D eigenvalue weighted by Crippen LogP contribution is -1.92. The Morgan fingerprint density at radius 3 is 1.54 bits per heavy atom.